The Kier molecular flexibility index (Phi) is 3.73. The first-order valence-corrected chi connectivity index (χ1v) is 8.15. The maximum Gasteiger partial charge on any atom is 0.128 e. The number of aryl methyl sites for hydroxylation is 1. The number of rotatable bonds is 2. The summed E-state index contributed by atoms with van der Waals surface area (Å²) < 4.78 is 16.1. The van der Waals surface area contributed by atoms with E-state index in [2.05, 4.69) is 23.4 Å². The molecule has 1 saturated carbocycles. The third-order valence-electron chi connectivity index (χ3n) is 5.11. The molecular weight excluding hydrogens is 287 g/mol. The van der Waals surface area contributed by atoms with E-state index in [1.807, 2.05) is 13.0 Å². The van der Waals surface area contributed by atoms with E-state index in [1.165, 1.54) is 12.5 Å². The Morgan fingerprint density at radius 1 is 1.33 bits per heavy atom. The molecule has 4 unspecified atom stereocenters. The molecule has 1 aliphatic carbocycles. The summed E-state index contributed by atoms with van der Waals surface area (Å²) in [6.07, 6.45) is 2.36. The third-order valence-corrected chi connectivity index (χ3v) is 5.30. The molecule has 2 nitrogen and oxygen atoms in total. The van der Waals surface area contributed by atoms with E-state index < -0.39 is 0 Å². The molecule has 0 spiro atoms. The van der Waals surface area contributed by atoms with Gasteiger partial charge in [-0.1, -0.05) is 13.8 Å². The summed E-state index contributed by atoms with van der Waals surface area (Å²) in [5.41, 5.74) is 2.39. The van der Waals surface area contributed by atoms with E-state index in [0.717, 1.165) is 17.8 Å². The van der Waals surface area contributed by atoms with Gasteiger partial charge >= 0.3 is 0 Å². The van der Waals surface area contributed by atoms with Crippen LogP contribution in [-0.4, -0.2) is 9.55 Å². The van der Waals surface area contributed by atoms with Gasteiger partial charge in [-0.3, -0.25) is 0 Å². The van der Waals surface area contributed by atoms with Crippen LogP contribution in [0.1, 0.15) is 56.4 Å². The van der Waals surface area contributed by atoms with Crippen LogP contribution >= 0.6 is 11.6 Å². The lowest BCUT2D eigenvalue weighted by molar-refractivity contribution is 0.352. The number of alkyl halides is 1. The van der Waals surface area contributed by atoms with Crippen molar-refractivity contribution in [1.29, 1.82) is 0 Å². The van der Waals surface area contributed by atoms with E-state index in [-0.39, 0.29) is 11.2 Å². The standard InChI is InChI=1S/C17H22ClFN2/c1-9-5-6-15(11(9)3)21-16-7-10(2)13(19)8-14(16)20-17(21)12(4)18/h7-9,11-12,15H,5-6H2,1-4H3. The molecule has 1 aliphatic rings. The van der Waals surface area contributed by atoms with E-state index in [1.54, 1.807) is 6.92 Å². The van der Waals surface area contributed by atoms with Gasteiger partial charge in [-0.2, -0.15) is 0 Å². The minimum absolute atomic E-state index is 0.177. The Hall–Kier alpha value is -1.09. The zero-order chi connectivity index (χ0) is 15.3. The Labute approximate surface area is 130 Å². The number of benzene rings is 1. The van der Waals surface area contributed by atoms with Gasteiger partial charge in [0.1, 0.15) is 11.6 Å². The molecular formula is C17H22ClFN2. The van der Waals surface area contributed by atoms with Crippen LogP contribution < -0.4 is 0 Å². The Balaban J connectivity index is 2.23. The molecule has 0 N–H and O–H groups in total. The first kappa shape index (κ1) is 14.8. The summed E-state index contributed by atoms with van der Waals surface area (Å²) in [5.74, 6) is 1.95. The fourth-order valence-electron chi connectivity index (χ4n) is 3.57. The van der Waals surface area contributed by atoms with Crippen LogP contribution in [0.15, 0.2) is 12.1 Å². The summed E-state index contributed by atoms with van der Waals surface area (Å²) in [7, 11) is 0. The second-order valence-corrected chi connectivity index (χ2v) is 7.18. The topological polar surface area (TPSA) is 17.8 Å². The van der Waals surface area contributed by atoms with Crippen LogP contribution in [0.25, 0.3) is 11.0 Å². The molecule has 0 saturated heterocycles. The van der Waals surface area contributed by atoms with Crippen LogP contribution in [0.5, 0.6) is 0 Å². The zero-order valence-corrected chi connectivity index (χ0v) is 13.8. The molecule has 21 heavy (non-hydrogen) atoms. The minimum atomic E-state index is -0.200. The maximum absolute atomic E-state index is 13.8. The highest BCUT2D eigenvalue weighted by atomic mass is 35.5. The first-order chi connectivity index (χ1) is 9.90. The highest BCUT2D eigenvalue weighted by Crippen LogP contribution is 2.43. The fraction of sp³-hybridized carbons (Fsp3) is 0.588. The molecule has 1 aromatic carbocycles. The maximum atomic E-state index is 13.8. The Morgan fingerprint density at radius 2 is 2.05 bits per heavy atom. The molecule has 0 aliphatic heterocycles. The molecule has 3 rings (SSSR count). The summed E-state index contributed by atoms with van der Waals surface area (Å²) >= 11 is 6.34. The average Bonchev–Trinajstić information content (AvgIpc) is 2.93. The van der Waals surface area contributed by atoms with Crippen LogP contribution in [0, 0.1) is 24.6 Å². The summed E-state index contributed by atoms with van der Waals surface area (Å²) in [6.45, 7) is 8.34. The lowest BCUT2D eigenvalue weighted by atomic mass is 9.97. The van der Waals surface area contributed by atoms with E-state index in [4.69, 9.17) is 11.6 Å². The molecule has 114 valence electrons. The number of hydrogen-bond acceptors (Lipinski definition) is 1. The summed E-state index contributed by atoms with van der Waals surface area (Å²) in [5, 5.41) is -0.177. The van der Waals surface area contributed by atoms with Crippen molar-refractivity contribution in [1.82, 2.24) is 9.55 Å². The number of imidazole rings is 1. The normalized spacial score (nSPS) is 27.4. The zero-order valence-electron chi connectivity index (χ0n) is 13.0. The molecule has 1 fully saturated rings. The van der Waals surface area contributed by atoms with Crippen molar-refractivity contribution >= 4 is 22.6 Å². The molecule has 4 atom stereocenters. The largest absolute Gasteiger partial charge is 0.323 e. The molecule has 0 radical (unpaired) electrons. The Bertz CT molecular complexity index is 677. The fourth-order valence-corrected chi connectivity index (χ4v) is 3.72. The molecule has 0 bridgehead atoms. The van der Waals surface area contributed by atoms with Gasteiger partial charge < -0.3 is 4.57 Å². The van der Waals surface area contributed by atoms with Crippen LogP contribution in [0.2, 0.25) is 0 Å². The van der Waals surface area contributed by atoms with E-state index >= 15 is 0 Å². The van der Waals surface area contributed by atoms with Gasteiger partial charge in [0.15, 0.2) is 0 Å². The van der Waals surface area contributed by atoms with Gasteiger partial charge in [0.25, 0.3) is 0 Å². The number of aromatic nitrogens is 2. The molecule has 0 amide bonds. The smallest absolute Gasteiger partial charge is 0.128 e. The van der Waals surface area contributed by atoms with Crippen LogP contribution in [-0.2, 0) is 0 Å². The highest BCUT2D eigenvalue weighted by Gasteiger charge is 2.34. The average molecular weight is 309 g/mol. The number of fused-ring (bicyclic) bond motifs is 1. The second-order valence-electron chi connectivity index (χ2n) is 6.53. The van der Waals surface area contributed by atoms with E-state index in [9.17, 15) is 4.39 Å². The molecule has 1 heterocycles. The molecule has 1 aromatic heterocycles. The van der Waals surface area contributed by atoms with E-state index in [0.29, 0.717) is 29.0 Å². The minimum Gasteiger partial charge on any atom is -0.323 e. The first-order valence-electron chi connectivity index (χ1n) is 7.72. The van der Waals surface area contributed by atoms with Crippen molar-refractivity contribution in [3.63, 3.8) is 0 Å². The van der Waals surface area contributed by atoms with Crippen molar-refractivity contribution in [2.45, 2.75) is 52.0 Å². The highest BCUT2D eigenvalue weighted by molar-refractivity contribution is 6.20. The van der Waals surface area contributed by atoms with Crippen LogP contribution in [0.3, 0.4) is 0 Å². The number of nitrogens with zero attached hydrogens (tertiary/aromatic N) is 2. The summed E-state index contributed by atoms with van der Waals surface area (Å²) in [4.78, 5) is 4.61. The lowest BCUT2D eigenvalue weighted by Crippen LogP contribution is -2.17. The Morgan fingerprint density at radius 3 is 2.62 bits per heavy atom. The van der Waals surface area contributed by atoms with Crippen molar-refractivity contribution < 1.29 is 4.39 Å². The number of hydrogen-bond donors (Lipinski definition) is 0. The summed E-state index contributed by atoms with van der Waals surface area (Å²) in [6, 6.07) is 3.86. The van der Waals surface area contributed by atoms with Gasteiger partial charge in [0, 0.05) is 12.1 Å². The van der Waals surface area contributed by atoms with Gasteiger partial charge in [0.05, 0.1) is 16.4 Å². The number of halogens is 2. The van der Waals surface area contributed by atoms with Gasteiger partial charge in [-0.05, 0) is 50.2 Å². The van der Waals surface area contributed by atoms with Gasteiger partial charge in [0.2, 0.25) is 0 Å². The quantitative estimate of drug-likeness (QED) is 0.680. The van der Waals surface area contributed by atoms with Gasteiger partial charge in [-0.15, -0.1) is 11.6 Å². The lowest BCUT2D eigenvalue weighted by Gasteiger charge is -2.23. The van der Waals surface area contributed by atoms with Crippen molar-refractivity contribution in [2.75, 3.05) is 0 Å². The monoisotopic (exact) mass is 308 g/mol. The molecule has 4 heteroatoms. The second kappa shape index (κ2) is 5.28. The predicted octanol–water partition coefficient (Wildman–Crippen LogP) is 5.39. The van der Waals surface area contributed by atoms with Crippen molar-refractivity contribution in [2.24, 2.45) is 11.8 Å². The van der Waals surface area contributed by atoms with Crippen molar-refractivity contribution in [3.05, 3.63) is 29.3 Å². The molecule has 2 aromatic rings. The van der Waals surface area contributed by atoms with Crippen molar-refractivity contribution in [3.8, 4) is 0 Å². The van der Waals surface area contributed by atoms with Gasteiger partial charge in [-0.25, -0.2) is 9.37 Å². The SMILES string of the molecule is Cc1cc2c(cc1F)nc(C(C)Cl)n2C1CCC(C)C1C. The predicted molar refractivity (Wildman–Crippen MR) is 85.3 cm³/mol. The third kappa shape index (κ3) is 2.36. The van der Waals surface area contributed by atoms with Crippen LogP contribution in [0.4, 0.5) is 4.39 Å².